The van der Waals surface area contributed by atoms with Crippen LogP contribution in [0.2, 0.25) is 0 Å². The Hall–Kier alpha value is -2.47. The Kier molecular flexibility index (Phi) is 4.76. The summed E-state index contributed by atoms with van der Waals surface area (Å²) in [6.07, 6.45) is 2.55. The molecular formula is C18H19FN2O3. The van der Waals surface area contributed by atoms with Gasteiger partial charge >= 0.3 is 0 Å². The topological polar surface area (TPSA) is 82.2 Å². The quantitative estimate of drug-likeness (QED) is 0.800. The summed E-state index contributed by atoms with van der Waals surface area (Å²) in [5, 5.41) is 12.5. The van der Waals surface area contributed by atoms with Gasteiger partial charge in [0.25, 0.3) is 11.5 Å². The fourth-order valence-corrected chi connectivity index (χ4v) is 2.98. The minimum absolute atomic E-state index is 0.0244. The van der Waals surface area contributed by atoms with Gasteiger partial charge in [0, 0.05) is 17.8 Å². The predicted octanol–water partition coefficient (Wildman–Crippen LogP) is 1.86. The average Bonchev–Trinajstić information content (AvgIpc) is 2.59. The molecule has 24 heavy (non-hydrogen) atoms. The van der Waals surface area contributed by atoms with Crippen molar-refractivity contribution in [3.63, 3.8) is 0 Å². The van der Waals surface area contributed by atoms with E-state index in [2.05, 4.69) is 10.3 Å². The van der Waals surface area contributed by atoms with Gasteiger partial charge in [-0.2, -0.15) is 0 Å². The smallest absolute Gasteiger partial charge is 0.261 e. The van der Waals surface area contributed by atoms with Gasteiger partial charge in [0.1, 0.15) is 11.4 Å². The summed E-state index contributed by atoms with van der Waals surface area (Å²) in [5.41, 5.74) is 1.58. The minimum atomic E-state index is -1.17. The molecule has 0 aliphatic heterocycles. The molecule has 1 aliphatic rings. The van der Waals surface area contributed by atoms with E-state index in [9.17, 15) is 19.1 Å². The van der Waals surface area contributed by atoms with E-state index < -0.39 is 23.4 Å². The molecule has 2 aromatic rings. The van der Waals surface area contributed by atoms with Crippen LogP contribution in [0.3, 0.4) is 0 Å². The van der Waals surface area contributed by atoms with E-state index in [0.29, 0.717) is 0 Å². The van der Waals surface area contributed by atoms with Crippen molar-refractivity contribution < 1.29 is 14.3 Å². The molecule has 0 saturated heterocycles. The zero-order valence-electron chi connectivity index (χ0n) is 13.1. The van der Waals surface area contributed by atoms with Crippen LogP contribution in [0.25, 0.3) is 0 Å². The Labute approximate surface area is 138 Å². The standard InChI is InChI=1S/C18H19FN2O3/c19-14-7-3-2-6-12(14)16(22)10-20-17(23)13-9-11-5-1-4-8-15(11)21-18(13)24/h2-3,6-7,9,16,22H,1,4-5,8,10H2,(H,20,23)(H,21,24)/t16-/m1/s1. The first kappa shape index (κ1) is 16.4. The molecule has 0 saturated carbocycles. The first-order valence-corrected chi connectivity index (χ1v) is 8.02. The number of carbonyl (C=O) groups excluding carboxylic acids is 1. The zero-order valence-corrected chi connectivity index (χ0v) is 13.1. The predicted molar refractivity (Wildman–Crippen MR) is 87.4 cm³/mol. The molecule has 1 aliphatic carbocycles. The highest BCUT2D eigenvalue weighted by atomic mass is 19.1. The number of benzene rings is 1. The van der Waals surface area contributed by atoms with Crippen molar-refractivity contribution >= 4 is 5.91 Å². The van der Waals surface area contributed by atoms with Crippen molar-refractivity contribution in [1.29, 1.82) is 0 Å². The van der Waals surface area contributed by atoms with E-state index >= 15 is 0 Å². The van der Waals surface area contributed by atoms with Crippen LogP contribution in [0.4, 0.5) is 4.39 Å². The largest absolute Gasteiger partial charge is 0.386 e. The van der Waals surface area contributed by atoms with E-state index in [1.807, 2.05) is 0 Å². The summed E-state index contributed by atoms with van der Waals surface area (Å²) >= 11 is 0. The maximum Gasteiger partial charge on any atom is 0.261 e. The number of aryl methyl sites for hydroxylation is 2. The summed E-state index contributed by atoms with van der Waals surface area (Å²) in [6, 6.07) is 7.46. The van der Waals surface area contributed by atoms with Gasteiger partial charge in [-0.1, -0.05) is 18.2 Å². The highest BCUT2D eigenvalue weighted by Gasteiger charge is 2.19. The van der Waals surface area contributed by atoms with Crippen molar-refractivity contribution in [3.8, 4) is 0 Å². The van der Waals surface area contributed by atoms with E-state index in [4.69, 9.17) is 0 Å². The Balaban J connectivity index is 1.71. The summed E-state index contributed by atoms with van der Waals surface area (Å²) in [4.78, 5) is 27.1. The lowest BCUT2D eigenvalue weighted by Crippen LogP contribution is -2.33. The van der Waals surface area contributed by atoms with Crippen LogP contribution in [0.5, 0.6) is 0 Å². The first-order valence-electron chi connectivity index (χ1n) is 8.02. The van der Waals surface area contributed by atoms with Gasteiger partial charge in [-0.05, 0) is 43.4 Å². The van der Waals surface area contributed by atoms with E-state index in [1.165, 1.54) is 18.2 Å². The molecule has 1 aromatic heterocycles. The molecule has 126 valence electrons. The molecule has 3 N–H and O–H groups in total. The van der Waals surface area contributed by atoms with Crippen LogP contribution in [-0.2, 0) is 12.8 Å². The number of halogens is 1. The van der Waals surface area contributed by atoms with Crippen LogP contribution in [0.1, 0.15) is 46.1 Å². The van der Waals surface area contributed by atoms with Crippen molar-refractivity contribution in [1.82, 2.24) is 10.3 Å². The van der Waals surface area contributed by atoms with Crippen molar-refractivity contribution in [2.24, 2.45) is 0 Å². The summed E-state index contributed by atoms with van der Waals surface area (Å²) in [7, 11) is 0. The Bertz CT molecular complexity index is 816. The molecule has 0 spiro atoms. The third kappa shape index (κ3) is 3.38. The highest BCUT2D eigenvalue weighted by Crippen LogP contribution is 2.19. The number of pyridine rings is 1. The highest BCUT2D eigenvalue weighted by molar-refractivity contribution is 5.94. The second-order valence-electron chi connectivity index (χ2n) is 5.97. The molecule has 6 heteroatoms. The molecule has 0 radical (unpaired) electrons. The number of H-pyrrole nitrogens is 1. The molecule has 1 atom stereocenters. The van der Waals surface area contributed by atoms with Crippen LogP contribution >= 0.6 is 0 Å². The number of aromatic amines is 1. The number of rotatable bonds is 4. The number of fused-ring (bicyclic) bond motifs is 1. The molecule has 0 fully saturated rings. The molecule has 1 aromatic carbocycles. The number of amides is 1. The Morgan fingerprint density at radius 2 is 2.04 bits per heavy atom. The van der Waals surface area contributed by atoms with Crippen molar-refractivity contribution in [3.05, 3.63) is 68.9 Å². The summed E-state index contributed by atoms with van der Waals surface area (Å²) in [6.45, 7) is -0.170. The normalized spacial score (nSPS) is 14.8. The number of aliphatic hydroxyl groups is 1. The minimum Gasteiger partial charge on any atom is -0.386 e. The molecule has 3 rings (SSSR count). The molecule has 1 heterocycles. The van der Waals surface area contributed by atoms with Crippen molar-refractivity contribution in [2.75, 3.05) is 6.54 Å². The van der Waals surface area contributed by atoms with E-state index in [-0.39, 0.29) is 17.7 Å². The van der Waals surface area contributed by atoms with Gasteiger partial charge in [0.05, 0.1) is 6.10 Å². The van der Waals surface area contributed by atoms with E-state index in [0.717, 1.165) is 36.9 Å². The Morgan fingerprint density at radius 3 is 2.83 bits per heavy atom. The number of nitrogens with one attached hydrogen (secondary N) is 2. The Morgan fingerprint density at radius 1 is 1.29 bits per heavy atom. The van der Waals surface area contributed by atoms with Crippen LogP contribution in [0.15, 0.2) is 35.1 Å². The van der Waals surface area contributed by atoms with E-state index in [1.54, 1.807) is 12.1 Å². The van der Waals surface area contributed by atoms with Gasteiger partial charge in [-0.25, -0.2) is 4.39 Å². The van der Waals surface area contributed by atoms with Gasteiger partial charge in [-0.3, -0.25) is 9.59 Å². The first-order chi connectivity index (χ1) is 11.6. The number of aliphatic hydroxyl groups excluding tert-OH is 1. The lowest BCUT2D eigenvalue weighted by atomic mass is 9.95. The monoisotopic (exact) mass is 330 g/mol. The third-order valence-corrected chi connectivity index (χ3v) is 4.30. The summed E-state index contributed by atoms with van der Waals surface area (Å²) in [5.74, 6) is -1.11. The molecule has 5 nitrogen and oxygen atoms in total. The number of hydrogen-bond acceptors (Lipinski definition) is 3. The average molecular weight is 330 g/mol. The van der Waals surface area contributed by atoms with Crippen LogP contribution < -0.4 is 10.9 Å². The van der Waals surface area contributed by atoms with Gasteiger partial charge in [0.2, 0.25) is 0 Å². The van der Waals surface area contributed by atoms with Crippen molar-refractivity contribution in [2.45, 2.75) is 31.8 Å². The molecular weight excluding hydrogens is 311 g/mol. The second kappa shape index (κ2) is 6.97. The summed E-state index contributed by atoms with van der Waals surface area (Å²) < 4.78 is 13.6. The number of hydrogen-bond donors (Lipinski definition) is 3. The lowest BCUT2D eigenvalue weighted by molar-refractivity contribution is 0.0912. The fraction of sp³-hybridized carbons (Fsp3) is 0.333. The number of aromatic nitrogens is 1. The maximum absolute atomic E-state index is 13.6. The molecule has 0 bridgehead atoms. The zero-order chi connectivity index (χ0) is 17.1. The fourth-order valence-electron chi connectivity index (χ4n) is 2.98. The maximum atomic E-state index is 13.6. The SMILES string of the molecule is O=C(NC[C@@H](O)c1ccccc1F)c1cc2c([nH]c1=O)CCCC2. The number of carbonyl (C=O) groups is 1. The van der Waals surface area contributed by atoms with Crippen LogP contribution in [0, 0.1) is 5.82 Å². The third-order valence-electron chi connectivity index (χ3n) is 4.30. The second-order valence-corrected chi connectivity index (χ2v) is 5.97. The lowest BCUT2D eigenvalue weighted by Gasteiger charge is -2.16. The molecule has 0 unspecified atom stereocenters. The van der Waals surface area contributed by atoms with Gasteiger partial charge in [-0.15, -0.1) is 0 Å². The van der Waals surface area contributed by atoms with Gasteiger partial charge < -0.3 is 15.4 Å². The molecule has 1 amide bonds. The van der Waals surface area contributed by atoms with Gasteiger partial charge in [0.15, 0.2) is 0 Å². The van der Waals surface area contributed by atoms with Crippen LogP contribution in [-0.4, -0.2) is 22.5 Å².